The van der Waals surface area contributed by atoms with Gasteiger partial charge in [0.25, 0.3) is 0 Å². The maximum absolute atomic E-state index is 11.9. The first-order chi connectivity index (χ1) is 8.10. The van der Waals surface area contributed by atoms with Crippen molar-refractivity contribution in [1.82, 2.24) is 0 Å². The Bertz CT molecular complexity index is 406. The summed E-state index contributed by atoms with van der Waals surface area (Å²) in [5, 5.41) is 0. The van der Waals surface area contributed by atoms with Gasteiger partial charge in [-0.05, 0) is 12.1 Å². The van der Waals surface area contributed by atoms with E-state index >= 15 is 0 Å². The van der Waals surface area contributed by atoms with Crippen LogP contribution in [0.5, 0.6) is 11.5 Å². The average molecular weight is 237 g/mol. The zero-order valence-corrected chi connectivity index (χ0v) is 9.86. The molecule has 0 bridgehead atoms. The third kappa shape index (κ3) is 3.21. The number of Topliss-reactive ketones (excluding diaryl/α,β-unsaturated/α-hetero) is 1. The lowest BCUT2D eigenvalue weighted by Crippen LogP contribution is -2.13. The Hall–Kier alpha value is -2.04. The lowest BCUT2D eigenvalue weighted by atomic mass is 10.0. The molecule has 5 heteroatoms. The molecule has 0 aliphatic heterocycles. The molecule has 17 heavy (non-hydrogen) atoms. The van der Waals surface area contributed by atoms with Crippen molar-refractivity contribution in [3.05, 3.63) is 23.8 Å². The van der Waals surface area contributed by atoms with Crippen molar-refractivity contribution in [3.63, 3.8) is 0 Å². The zero-order valence-electron chi connectivity index (χ0n) is 9.86. The molecule has 1 aromatic carbocycles. The summed E-state index contributed by atoms with van der Waals surface area (Å²) in [5.74, 6) is 0.128. The number of carbonyl (C=O) groups is 2. The van der Waals surface area contributed by atoms with Crippen LogP contribution < -0.4 is 15.2 Å². The van der Waals surface area contributed by atoms with Crippen molar-refractivity contribution >= 4 is 11.7 Å². The third-order valence-corrected chi connectivity index (χ3v) is 2.31. The summed E-state index contributed by atoms with van der Waals surface area (Å²) in [4.78, 5) is 22.6. The number of nitrogens with two attached hydrogens (primary N) is 1. The van der Waals surface area contributed by atoms with Crippen LogP contribution in [0, 0.1) is 0 Å². The van der Waals surface area contributed by atoms with Crippen molar-refractivity contribution in [2.45, 2.75) is 12.8 Å². The van der Waals surface area contributed by atoms with Crippen LogP contribution in [0.1, 0.15) is 23.2 Å². The van der Waals surface area contributed by atoms with E-state index in [2.05, 4.69) is 0 Å². The molecule has 0 saturated heterocycles. The highest BCUT2D eigenvalue weighted by molar-refractivity contribution is 6.02. The number of carbonyl (C=O) groups excluding carboxylic acids is 2. The molecule has 0 fully saturated rings. The molecule has 0 radical (unpaired) electrons. The van der Waals surface area contributed by atoms with E-state index in [0.29, 0.717) is 17.1 Å². The first kappa shape index (κ1) is 13.0. The Labute approximate surface area is 99.5 Å². The molecule has 0 unspecified atom stereocenters. The molecule has 0 aliphatic carbocycles. The van der Waals surface area contributed by atoms with Crippen LogP contribution in [-0.4, -0.2) is 25.9 Å². The number of methoxy groups -OCH3 is 2. The van der Waals surface area contributed by atoms with Gasteiger partial charge in [-0.25, -0.2) is 0 Å². The molecule has 1 amide bonds. The molecule has 92 valence electrons. The highest BCUT2D eigenvalue weighted by atomic mass is 16.5. The molecular weight excluding hydrogens is 222 g/mol. The molecule has 0 aromatic heterocycles. The first-order valence-corrected chi connectivity index (χ1v) is 5.12. The van der Waals surface area contributed by atoms with E-state index in [0.717, 1.165) is 0 Å². The van der Waals surface area contributed by atoms with Crippen molar-refractivity contribution in [3.8, 4) is 11.5 Å². The Morgan fingerprint density at radius 2 is 1.65 bits per heavy atom. The predicted octanol–water partition coefficient (Wildman–Crippen LogP) is 1.15. The fraction of sp³-hybridized carbons (Fsp3) is 0.333. The normalized spacial score (nSPS) is 9.76. The second-order valence-corrected chi connectivity index (χ2v) is 3.43. The highest BCUT2D eigenvalue weighted by Crippen LogP contribution is 2.29. The second-order valence-electron chi connectivity index (χ2n) is 3.43. The Morgan fingerprint density at radius 1 is 1.12 bits per heavy atom. The van der Waals surface area contributed by atoms with E-state index in [1.165, 1.54) is 14.2 Å². The summed E-state index contributed by atoms with van der Waals surface area (Å²) in [6.07, 6.45) is 0.0616. The van der Waals surface area contributed by atoms with E-state index in [4.69, 9.17) is 15.2 Å². The van der Waals surface area contributed by atoms with Crippen LogP contribution in [0.25, 0.3) is 0 Å². The van der Waals surface area contributed by atoms with Gasteiger partial charge in [-0.3, -0.25) is 9.59 Å². The number of hydrogen-bond acceptors (Lipinski definition) is 4. The minimum Gasteiger partial charge on any atom is -0.496 e. The minimum absolute atomic E-state index is 0.0139. The quantitative estimate of drug-likeness (QED) is 0.753. The van der Waals surface area contributed by atoms with Gasteiger partial charge in [-0.15, -0.1) is 0 Å². The Balaban J connectivity index is 3.01. The molecule has 0 atom stereocenters. The van der Waals surface area contributed by atoms with Gasteiger partial charge in [-0.1, -0.05) is 6.07 Å². The van der Waals surface area contributed by atoms with Crippen LogP contribution in [0.3, 0.4) is 0 Å². The van der Waals surface area contributed by atoms with Crippen LogP contribution in [0.2, 0.25) is 0 Å². The number of ketones is 1. The van der Waals surface area contributed by atoms with E-state index in [1.54, 1.807) is 18.2 Å². The van der Waals surface area contributed by atoms with E-state index < -0.39 is 5.91 Å². The first-order valence-electron chi connectivity index (χ1n) is 5.12. The molecule has 0 spiro atoms. The van der Waals surface area contributed by atoms with Crippen LogP contribution >= 0.6 is 0 Å². The van der Waals surface area contributed by atoms with E-state index in [9.17, 15) is 9.59 Å². The number of primary amides is 1. The molecule has 1 rings (SSSR count). The van der Waals surface area contributed by atoms with Gasteiger partial charge in [-0.2, -0.15) is 0 Å². The van der Waals surface area contributed by atoms with Gasteiger partial charge < -0.3 is 15.2 Å². The zero-order chi connectivity index (χ0) is 12.8. The lowest BCUT2D eigenvalue weighted by molar-refractivity contribution is -0.118. The number of ether oxygens (including phenoxy) is 2. The Kier molecular flexibility index (Phi) is 4.51. The number of rotatable bonds is 6. The molecular formula is C12H15NO4. The smallest absolute Gasteiger partial charge is 0.217 e. The molecule has 1 aromatic rings. The molecule has 0 heterocycles. The van der Waals surface area contributed by atoms with Gasteiger partial charge in [0.15, 0.2) is 5.78 Å². The number of amides is 1. The molecule has 2 N–H and O–H groups in total. The summed E-state index contributed by atoms with van der Waals surface area (Å²) in [5.41, 5.74) is 5.35. The van der Waals surface area contributed by atoms with Gasteiger partial charge in [0.2, 0.25) is 5.91 Å². The topological polar surface area (TPSA) is 78.6 Å². The van der Waals surface area contributed by atoms with Crippen LogP contribution in [0.15, 0.2) is 18.2 Å². The van der Waals surface area contributed by atoms with Crippen LogP contribution in [0.4, 0.5) is 0 Å². The molecule has 0 aliphatic rings. The maximum Gasteiger partial charge on any atom is 0.217 e. The van der Waals surface area contributed by atoms with E-state index in [1.807, 2.05) is 0 Å². The third-order valence-electron chi connectivity index (χ3n) is 2.31. The average Bonchev–Trinajstić information content (AvgIpc) is 2.34. The summed E-state index contributed by atoms with van der Waals surface area (Å²) in [6.45, 7) is 0. The van der Waals surface area contributed by atoms with Crippen LogP contribution in [-0.2, 0) is 4.79 Å². The monoisotopic (exact) mass is 237 g/mol. The van der Waals surface area contributed by atoms with Gasteiger partial charge >= 0.3 is 0 Å². The fourth-order valence-electron chi connectivity index (χ4n) is 1.49. The summed E-state index contributed by atoms with van der Waals surface area (Å²) in [7, 11) is 2.94. The van der Waals surface area contributed by atoms with Gasteiger partial charge in [0, 0.05) is 12.8 Å². The second kappa shape index (κ2) is 5.89. The SMILES string of the molecule is COc1cccc(OC)c1C(=O)CCC(N)=O. The standard InChI is InChI=1S/C12H15NO4/c1-16-9-4-3-5-10(17-2)12(9)8(14)6-7-11(13)15/h3-5H,6-7H2,1-2H3,(H2,13,15). The predicted molar refractivity (Wildman–Crippen MR) is 62.3 cm³/mol. The van der Waals surface area contributed by atoms with Crippen molar-refractivity contribution < 1.29 is 19.1 Å². The van der Waals surface area contributed by atoms with Crippen molar-refractivity contribution in [2.75, 3.05) is 14.2 Å². The fourth-order valence-corrected chi connectivity index (χ4v) is 1.49. The molecule has 0 saturated carbocycles. The maximum atomic E-state index is 11.9. The van der Waals surface area contributed by atoms with Gasteiger partial charge in [0.05, 0.1) is 14.2 Å². The lowest BCUT2D eigenvalue weighted by Gasteiger charge is -2.11. The molecule has 5 nitrogen and oxygen atoms in total. The largest absolute Gasteiger partial charge is 0.496 e. The van der Waals surface area contributed by atoms with Crippen molar-refractivity contribution in [1.29, 1.82) is 0 Å². The Morgan fingerprint density at radius 3 is 2.06 bits per heavy atom. The van der Waals surface area contributed by atoms with Gasteiger partial charge in [0.1, 0.15) is 17.1 Å². The summed E-state index contributed by atoms with van der Waals surface area (Å²) < 4.78 is 10.2. The summed E-state index contributed by atoms with van der Waals surface area (Å²) in [6, 6.07) is 5.06. The summed E-state index contributed by atoms with van der Waals surface area (Å²) >= 11 is 0. The van der Waals surface area contributed by atoms with Crippen molar-refractivity contribution in [2.24, 2.45) is 5.73 Å². The number of hydrogen-bond donors (Lipinski definition) is 1. The highest BCUT2D eigenvalue weighted by Gasteiger charge is 2.18. The number of benzene rings is 1. The van der Waals surface area contributed by atoms with E-state index in [-0.39, 0.29) is 18.6 Å². The minimum atomic E-state index is -0.507.